The van der Waals surface area contributed by atoms with Gasteiger partial charge >= 0.3 is 0 Å². The summed E-state index contributed by atoms with van der Waals surface area (Å²) in [6, 6.07) is 38.2. The number of aliphatic hydroxyl groups is 1. The lowest BCUT2D eigenvalue weighted by atomic mass is 9.99. The van der Waals surface area contributed by atoms with Crippen LogP contribution in [0, 0.1) is 6.92 Å². The Hall–Kier alpha value is -4.85. The van der Waals surface area contributed by atoms with Crippen LogP contribution in [0.5, 0.6) is 0 Å². The largest absolute Gasteiger partial charge is 0.392 e. The van der Waals surface area contributed by atoms with Gasteiger partial charge in [0.25, 0.3) is 0 Å². The number of ether oxygens (including phenoxy) is 2. The van der Waals surface area contributed by atoms with Crippen LogP contribution < -0.4 is 10.0 Å². The number of halogens is 2. The highest BCUT2D eigenvalue weighted by molar-refractivity contribution is 7.89. The molecule has 1 saturated heterocycles. The molecule has 7 rings (SSSR count). The maximum Gasteiger partial charge on any atom is 0.241 e. The van der Waals surface area contributed by atoms with Crippen LogP contribution in [0.1, 0.15) is 52.2 Å². The van der Waals surface area contributed by atoms with E-state index in [0.29, 0.717) is 18.1 Å². The Kier molecular flexibility index (Phi) is 12.9. The van der Waals surface area contributed by atoms with Gasteiger partial charge in [0.15, 0.2) is 11.4 Å². The fourth-order valence-corrected chi connectivity index (χ4v) is 8.25. The molecule has 57 heavy (non-hydrogen) atoms. The number of aryl methyl sites for hydroxylation is 1. The van der Waals surface area contributed by atoms with E-state index in [2.05, 4.69) is 15.0 Å². The lowest BCUT2D eigenvalue weighted by Crippen LogP contribution is -2.47. The van der Waals surface area contributed by atoms with Gasteiger partial charge in [-0.3, -0.25) is 4.79 Å². The molecule has 0 aliphatic carbocycles. The molecule has 2 heterocycles. The van der Waals surface area contributed by atoms with Gasteiger partial charge in [-0.2, -0.15) is 4.72 Å². The van der Waals surface area contributed by atoms with Crippen LogP contribution in [0.15, 0.2) is 139 Å². The standard InChI is InChI=1S/C44H42Cl2N4O6S/c1-29-10-20-38(21-11-29)57(53,54)49-39(23-30-6-3-2-4-7-30)43(52)47-25-32-8-5-9-36(22-32)33-16-18-35(19-17-33)44-55-37(26-50-28-48-41(45)42(50)46)24-40(56-44)34-14-12-31(27-51)13-15-34/h2-22,28,37,39-40,44,49,51H,23-27H2,1H3,(H,47,52)/t37-,39-,40+,44+/m1/s1. The summed E-state index contributed by atoms with van der Waals surface area (Å²) in [5, 5.41) is 13.1. The van der Waals surface area contributed by atoms with Crippen molar-refractivity contribution in [2.75, 3.05) is 0 Å². The molecule has 1 aliphatic heterocycles. The minimum atomic E-state index is -3.97. The van der Waals surface area contributed by atoms with E-state index in [1.807, 2.05) is 110 Å². The van der Waals surface area contributed by atoms with Gasteiger partial charge in [-0.05, 0) is 64.9 Å². The number of hydrogen-bond acceptors (Lipinski definition) is 7. The lowest BCUT2D eigenvalue weighted by molar-refractivity contribution is -0.252. The molecule has 10 nitrogen and oxygen atoms in total. The van der Waals surface area contributed by atoms with Crippen LogP contribution in [0.3, 0.4) is 0 Å². The predicted molar refractivity (Wildman–Crippen MR) is 220 cm³/mol. The van der Waals surface area contributed by atoms with E-state index in [9.17, 15) is 18.3 Å². The van der Waals surface area contributed by atoms with Crippen LogP contribution in [-0.2, 0) is 50.4 Å². The summed E-state index contributed by atoms with van der Waals surface area (Å²) in [5.74, 6) is -0.434. The second kappa shape index (κ2) is 18.2. The number of nitrogens with zero attached hydrogens (tertiary/aromatic N) is 2. The minimum Gasteiger partial charge on any atom is -0.392 e. The van der Waals surface area contributed by atoms with Gasteiger partial charge in [-0.15, -0.1) is 0 Å². The first-order valence-electron chi connectivity index (χ1n) is 18.5. The van der Waals surface area contributed by atoms with Crippen LogP contribution in [-0.4, -0.2) is 41.1 Å². The zero-order valence-electron chi connectivity index (χ0n) is 31.1. The first kappa shape index (κ1) is 40.4. The number of amides is 1. The number of imidazole rings is 1. The molecule has 1 amide bonds. The molecule has 0 saturated carbocycles. The molecule has 3 N–H and O–H groups in total. The van der Waals surface area contributed by atoms with Crippen molar-refractivity contribution in [3.05, 3.63) is 177 Å². The van der Waals surface area contributed by atoms with Crippen molar-refractivity contribution in [3.8, 4) is 11.1 Å². The first-order valence-corrected chi connectivity index (χ1v) is 20.7. The predicted octanol–water partition coefficient (Wildman–Crippen LogP) is 8.11. The monoisotopic (exact) mass is 824 g/mol. The molecule has 1 aliphatic rings. The van der Waals surface area contributed by atoms with Crippen LogP contribution in [0.4, 0.5) is 0 Å². The number of aromatic nitrogens is 2. The van der Waals surface area contributed by atoms with Crippen molar-refractivity contribution >= 4 is 39.1 Å². The topological polar surface area (TPSA) is 132 Å². The summed E-state index contributed by atoms with van der Waals surface area (Å²) >= 11 is 12.5. The van der Waals surface area contributed by atoms with E-state index in [0.717, 1.165) is 44.5 Å². The van der Waals surface area contributed by atoms with Crippen molar-refractivity contribution in [3.63, 3.8) is 0 Å². The second-order valence-corrected chi connectivity index (χ2v) is 16.5. The zero-order chi connectivity index (χ0) is 39.9. The molecule has 0 radical (unpaired) electrons. The molecule has 0 spiro atoms. The highest BCUT2D eigenvalue weighted by Crippen LogP contribution is 2.39. The van der Waals surface area contributed by atoms with Crippen LogP contribution in [0.25, 0.3) is 11.1 Å². The number of sulfonamides is 1. The minimum absolute atomic E-state index is 0.0436. The molecule has 0 bridgehead atoms. The van der Waals surface area contributed by atoms with Crippen molar-refractivity contribution in [1.29, 1.82) is 0 Å². The highest BCUT2D eigenvalue weighted by atomic mass is 35.5. The molecule has 0 unspecified atom stereocenters. The third-order valence-electron chi connectivity index (χ3n) is 9.89. The molecule has 6 aromatic rings. The average Bonchev–Trinajstić information content (AvgIpc) is 3.55. The summed E-state index contributed by atoms with van der Waals surface area (Å²) < 4.78 is 44.0. The average molecular weight is 826 g/mol. The number of carbonyl (C=O) groups excluding carboxylic acids is 1. The smallest absolute Gasteiger partial charge is 0.241 e. The second-order valence-electron chi connectivity index (χ2n) is 14.0. The van der Waals surface area contributed by atoms with Crippen molar-refractivity contribution < 1.29 is 27.8 Å². The van der Waals surface area contributed by atoms with Crippen molar-refractivity contribution in [2.45, 2.75) is 68.9 Å². The van der Waals surface area contributed by atoms with Gasteiger partial charge in [0.2, 0.25) is 15.9 Å². The molecular weight excluding hydrogens is 783 g/mol. The Bertz CT molecular complexity index is 2390. The number of aliphatic hydroxyl groups excluding tert-OH is 1. The number of hydrogen-bond donors (Lipinski definition) is 3. The van der Waals surface area contributed by atoms with Gasteiger partial charge in [-0.25, -0.2) is 13.4 Å². The SMILES string of the molecule is Cc1ccc(S(=O)(=O)N[C@H](Cc2ccccc2)C(=O)NCc2cccc(-c3ccc([C@H]4O[C@@H](Cn5cnc(Cl)c5Cl)C[C@@H](c5ccc(CO)cc5)O4)cc3)c2)cc1. The Morgan fingerprint density at radius 3 is 2.23 bits per heavy atom. The molecule has 1 aromatic heterocycles. The normalized spacial score (nSPS) is 17.6. The fourth-order valence-electron chi connectivity index (χ4n) is 6.74. The van der Waals surface area contributed by atoms with Gasteiger partial charge in [0.05, 0.1) is 36.6 Å². The molecule has 4 atom stereocenters. The lowest BCUT2D eigenvalue weighted by Gasteiger charge is -2.36. The van der Waals surface area contributed by atoms with Crippen molar-refractivity contribution in [1.82, 2.24) is 19.6 Å². The maximum absolute atomic E-state index is 13.6. The summed E-state index contributed by atoms with van der Waals surface area (Å²) in [6.07, 6.45) is 1.11. The van der Waals surface area contributed by atoms with E-state index >= 15 is 0 Å². The Labute approximate surface area is 342 Å². The van der Waals surface area contributed by atoms with Gasteiger partial charge in [0, 0.05) is 18.5 Å². The van der Waals surface area contributed by atoms with Gasteiger partial charge in [-0.1, -0.05) is 138 Å². The molecular formula is C44H42Cl2N4O6S. The Balaban J connectivity index is 1.05. The maximum atomic E-state index is 13.6. The van der Waals surface area contributed by atoms with Crippen LogP contribution in [0.2, 0.25) is 10.3 Å². The van der Waals surface area contributed by atoms with Crippen molar-refractivity contribution in [2.24, 2.45) is 0 Å². The van der Waals surface area contributed by atoms with E-state index in [1.54, 1.807) is 23.0 Å². The van der Waals surface area contributed by atoms with Gasteiger partial charge < -0.3 is 24.5 Å². The number of rotatable bonds is 14. The summed E-state index contributed by atoms with van der Waals surface area (Å²) in [5.41, 5.74) is 7.10. The number of benzene rings is 5. The number of carbonyl (C=O) groups is 1. The van der Waals surface area contributed by atoms with E-state index in [4.69, 9.17) is 32.7 Å². The number of nitrogens with one attached hydrogen (secondary N) is 2. The molecule has 13 heteroatoms. The Morgan fingerprint density at radius 2 is 1.54 bits per heavy atom. The first-order chi connectivity index (χ1) is 27.5. The third kappa shape index (κ3) is 10.2. The summed E-state index contributed by atoms with van der Waals surface area (Å²) in [6.45, 7) is 2.46. The molecule has 5 aromatic carbocycles. The molecule has 294 valence electrons. The Morgan fingerprint density at radius 1 is 0.842 bits per heavy atom. The van der Waals surface area contributed by atoms with E-state index in [1.165, 1.54) is 12.1 Å². The fraction of sp³-hybridized carbons (Fsp3) is 0.227. The third-order valence-corrected chi connectivity index (χ3v) is 12.1. The van der Waals surface area contributed by atoms with Gasteiger partial charge in [0.1, 0.15) is 11.2 Å². The zero-order valence-corrected chi connectivity index (χ0v) is 33.4. The quantitative estimate of drug-likeness (QED) is 0.101. The molecule has 1 fully saturated rings. The summed E-state index contributed by atoms with van der Waals surface area (Å²) in [7, 11) is -3.97. The van der Waals surface area contributed by atoms with Crippen LogP contribution >= 0.6 is 23.2 Å². The summed E-state index contributed by atoms with van der Waals surface area (Å²) in [4.78, 5) is 17.8. The van der Waals surface area contributed by atoms with E-state index in [-0.39, 0.29) is 41.8 Å². The highest BCUT2D eigenvalue weighted by Gasteiger charge is 2.33. The van der Waals surface area contributed by atoms with E-state index < -0.39 is 28.3 Å².